The lowest BCUT2D eigenvalue weighted by atomic mass is 9.98. The van der Waals surface area contributed by atoms with Gasteiger partial charge >= 0.3 is 0 Å². The maximum absolute atomic E-state index is 12.7. The number of unbranched alkanes of at least 4 members (excludes halogenated alkanes) is 1. The fourth-order valence-electron chi connectivity index (χ4n) is 4.82. The molecule has 4 nitrogen and oxygen atoms in total. The second-order valence-corrected chi connectivity index (χ2v) is 9.00. The van der Waals surface area contributed by atoms with Crippen molar-refractivity contribution in [3.63, 3.8) is 0 Å². The Labute approximate surface area is 198 Å². The molecule has 0 saturated heterocycles. The molecule has 0 bridgehead atoms. The van der Waals surface area contributed by atoms with Crippen molar-refractivity contribution in [3.05, 3.63) is 77.5 Å². The van der Waals surface area contributed by atoms with Crippen molar-refractivity contribution in [3.8, 4) is 16.9 Å². The molecule has 1 aliphatic carbocycles. The van der Waals surface area contributed by atoms with Crippen LogP contribution in [0.3, 0.4) is 0 Å². The Hall–Kier alpha value is -2.85. The molecular weight excluding hydrogens is 406 g/mol. The molecule has 4 heteroatoms. The summed E-state index contributed by atoms with van der Waals surface area (Å²) in [5, 5.41) is 3.09. The first-order valence-electron chi connectivity index (χ1n) is 12.6. The van der Waals surface area contributed by atoms with Gasteiger partial charge in [-0.3, -0.25) is 4.79 Å². The molecule has 1 amide bonds. The Balaban J connectivity index is 1.49. The molecule has 174 valence electrons. The highest BCUT2D eigenvalue weighted by Crippen LogP contribution is 2.33. The van der Waals surface area contributed by atoms with E-state index >= 15 is 0 Å². The summed E-state index contributed by atoms with van der Waals surface area (Å²) >= 11 is 0. The topological polar surface area (TPSA) is 37.3 Å². The van der Waals surface area contributed by atoms with Crippen LogP contribution in [-0.2, 0) is 12.8 Å². The van der Waals surface area contributed by atoms with E-state index in [0.717, 1.165) is 43.7 Å². The molecule has 0 unspecified atom stereocenters. The van der Waals surface area contributed by atoms with Crippen LogP contribution in [-0.4, -0.2) is 41.6 Å². The largest absolute Gasteiger partial charge is 0.351 e. The summed E-state index contributed by atoms with van der Waals surface area (Å²) < 4.78 is 2.40. The molecule has 33 heavy (non-hydrogen) atoms. The van der Waals surface area contributed by atoms with Gasteiger partial charge in [-0.25, -0.2) is 0 Å². The number of fused-ring (bicyclic) bond motifs is 1. The number of nitrogens with zero attached hydrogens (tertiary/aromatic N) is 2. The third-order valence-corrected chi connectivity index (χ3v) is 6.75. The van der Waals surface area contributed by atoms with Crippen LogP contribution in [0.15, 0.2) is 60.7 Å². The monoisotopic (exact) mass is 443 g/mol. The molecule has 4 rings (SSSR count). The number of carbonyl (C=O) groups excluding carboxylic acids is 1. The number of carbonyl (C=O) groups is 1. The minimum atomic E-state index is 0.00547. The standard InChI is InChI=1S/C29H37N3O/c1-3-5-20-31(4-2)21-19-30-29(33)24-15-17-26(18-16-24)32-27-14-10-9-13-25(27)22-28(32)23-11-7-6-8-12-23/h6-8,11-12,15-18,22H,3-5,9-10,13-14,19-21H2,1-2H3,(H,30,33). The van der Waals surface area contributed by atoms with Gasteiger partial charge in [0.25, 0.3) is 5.91 Å². The summed E-state index contributed by atoms with van der Waals surface area (Å²) in [6.07, 6.45) is 7.16. The summed E-state index contributed by atoms with van der Waals surface area (Å²) in [5.41, 5.74) is 7.21. The maximum Gasteiger partial charge on any atom is 0.251 e. The van der Waals surface area contributed by atoms with E-state index in [4.69, 9.17) is 0 Å². The highest BCUT2D eigenvalue weighted by molar-refractivity contribution is 5.94. The molecule has 2 aromatic carbocycles. The molecule has 0 aliphatic heterocycles. The molecule has 1 heterocycles. The van der Waals surface area contributed by atoms with E-state index in [-0.39, 0.29) is 5.91 Å². The third kappa shape index (κ3) is 5.56. The first-order chi connectivity index (χ1) is 16.2. The van der Waals surface area contributed by atoms with E-state index in [0.29, 0.717) is 6.54 Å². The van der Waals surface area contributed by atoms with Gasteiger partial charge in [0.2, 0.25) is 0 Å². The molecule has 0 radical (unpaired) electrons. The van der Waals surface area contributed by atoms with Gasteiger partial charge in [0, 0.05) is 30.0 Å². The molecule has 1 aliphatic rings. The average molecular weight is 444 g/mol. The minimum Gasteiger partial charge on any atom is -0.351 e. The van der Waals surface area contributed by atoms with Gasteiger partial charge in [-0.2, -0.15) is 0 Å². The molecule has 1 aromatic heterocycles. The molecular formula is C29H37N3O. The zero-order valence-electron chi connectivity index (χ0n) is 20.1. The van der Waals surface area contributed by atoms with Crippen LogP contribution in [0.5, 0.6) is 0 Å². The Morgan fingerprint density at radius 3 is 2.45 bits per heavy atom. The number of benzene rings is 2. The van der Waals surface area contributed by atoms with E-state index in [1.807, 2.05) is 12.1 Å². The second kappa shape index (κ2) is 11.3. The number of hydrogen-bond acceptors (Lipinski definition) is 2. The van der Waals surface area contributed by atoms with E-state index in [1.165, 1.54) is 48.2 Å². The molecule has 0 fully saturated rings. The van der Waals surface area contributed by atoms with Crippen LogP contribution in [0.4, 0.5) is 0 Å². The lowest BCUT2D eigenvalue weighted by Gasteiger charge is -2.20. The summed E-state index contributed by atoms with van der Waals surface area (Å²) in [6.45, 7) is 8.10. The number of hydrogen-bond donors (Lipinski definition) is 1. The first kappa shape index (κ1) is 23.3. The lowest BCUT2D eigenvalue weighted by molar-refractivity contribution is 0.0948. The molecule has 0 spiro atoms. The normalized spacial score (nSPS) is 13.2. The van der Waals surface area contributed by atoms with Gasteiger partial charge in [0.15, 0.2) is 0 Å². The van der Waals surface area contributed by atoms with Crippen molar-refractivity contribution in [2.24, 2.45) is 0 Å². The van der Waals surface area contributed by atoms with Gasteiger partial charge in [-0.1, -0.05) is 50.6 Å². The third-order valence-electron chi connectivity index (χ3n) is 6.75. The van der Waals surface area contributed by atoms with Crippen LogP contribution >= 0.6 is 0 Å². The van der Waals surface area contributed by atoms with Crippen LogP contribution < -0.4 is 5.32 Å². The molecule has 3 aromatic rings. The van der Waals surface area contributed by atoms with E-state index < -0.39 is 0 Å². The number of aromatic nitrogens is 1. The fraction of sp³-hybridized carbons (Fsp3) is 0.414. The number of nitrogens with one attached hydrogen (secondary N) is 1. The maximum atomic E-state index is 12.7. The van der Waals surface area contributed by atoms with Gasteiger partial charge in [-0.15, -0.1) is 0 Å². The van der Waals surface area contributed by atoms with Crippen molar-refractivity contribution in [2.75, 3.05) is 26.2 Å². The van der Waals surface area contributed by atoms with Crippen LogP contribution in [0.2, 0.25) is 0 Å². The summed E-state index contributed by atoms with van der Waals surface area (Å²) in [6, 6.07) is 21.1. The summed E-state index contributed by atoms with van der Waals surface area (Å²) in [4.78, 5) is 15.1. The Morgan fingerprint density at radius 2 is 1.73 bits per heavy atom. The number of aryl methyl sites for hydroxylation is 1. The zero-order valence-corrected chi connectivity index (χ0v) is 20.1. The van der Waals surface area contributed by atoms with Crippen molar-refractivity contribution in [1.82, 2.24) is 14.8 Å². The smallest absolute Gasteiger partial charge is 0.251 e. The van der Waals surface area contributed by atoms with Crippen molar-refractivity contribution >= 4 is 5.91 Å². The molecule has 0 atom stereocenters. The van der Waals surface area contributed by atoms with Crippen LogP contribution in [0.25, 0.3) is 16.9 Å². The predicted molar refractivity (Wildman–Crippen MR) is 137 cm³/mol. The lowest BCUT2D eigenvalue weighted by Crippen LogP contribution is -2.35. The predicted octanol–water partition coefficient (Wildman–Crippen LogP) is 5.87. The SMILES string of the molecule is CCCCN(CC)CCNC(=O)c1ccc(-n2c(-c3ccccc3)cc3c2CCCC3)cc1. The van der Waals surface area contributed by atoms with Gasteiger partial charge in [-0.05, 0) is 86.7 Å². The van der Waals surface area contributed by atoms with Crippen molar-refractivity contribution in [1.29, 1.82) is 0 Å². The van der Waals surface area contributed by atoms with Crippen LogP contribution in [0, 0.1) is 0 Å². The quantitative estimate of drug-likeness (QED) is 0.425. The van der Waals surface area contributed by atoms with Crippen molar-refractivity contribution < 1.29 is 4.79 Å². The zero-order chi connectivity index (χ0) is 23.0. The molecule has 0 saturated carbocycles. The number of amides is 1. The van der Waals surface area contributed by atoms with Gasteiger partial charge in [0.1, 0.15) is 0 Å². The summed E-state index contributed by atoms with van der Waals surface area (Å²) in [7, 11) is 0. The Kier molecular flexibility index (Phi) is 8.01. The highest BCUT2D eigenvalue weighted by atomic mass is 16.1. The van der Waals surface area contributed by atoms with E-state index in [1.54, 1.807) is 0 Å². The average Bonchev–Trinajstić information content (AvgIpc) is 3.26. The highest BCUT2D eigenvalue weighted by Gasteiger charge is 2.20. The fourth-order valence-corrected chi connectivity index (χ4v) is 4.82. The Bertz CT molecular complexity index is 1040. The van der Waals surface area contributed by atoms with Crippen molar-refractivity contribution in [2.45, 2.75) is 52.4 Å². The number of rotatable bonds is 10. The first-order valence-corrected chi connectivity index (χ1v) is 12.6. The minimum absolute atomic E-state index is 0.00547. The Morgan fingerprint density at radius 1 is 0.970 bits per heavy atom. The molecule has 1 N–H and O–H groups in total. The van der Waals surface area contributed by atoms with E-state index in [2.05, 4.69) is 77.2 Å². The summed E-state index contributed by atoms with van der Waals surface area (Å²) in [5.74, 6) is 0.00547. The second-order valence-electron chi connectivity index (χ2n) is 9.00. The van der Waals surface area contributed by atoms with Gasteiger partial charge in [0.05, 0.1) is 5.69 Å². The van der Waals surface area contributed by atoms with Gasteiger partial charge < -0.3 is 14.8 Å². The van der Waals surface area contributed by atoms with E-state index in [9.17, 15) is 4.79 Å². The van der Waals surface area contributed by atoms with Crippen LogP contribution in [0.1, 0.15) is 61.1 Å². The number of likely N-dealkylation sites (N-methyl/N-ethyl adjacent to an activating group) is 1.